The predicted octanol–water partition coefficient (Wildman–Crippen LogP) is 3.35. The van der Waals surface area contributed by atoms with Gasteiger partial charge in [0.05, 0.1) is 18.2 Å². The van der Waals surface area contributed by atoms with Crippen LogP contribution in [0.4, 0.5) is 5.95 Å². The van der Waals surface area contributed by atoms with Crippen molar-refractivity contribution in [2.45, 2.75) is 0 Å². The second-order valence-corrected chi connectivity index (χ2v) is 6.88. The van der Waals surface area contributed by atoms with Gasteiger partial charge in [0.15, 0.2) is 11.5 Å². The number of rotatable bonds is 4. The number of piperazine rings is 1. The molecule has 150 valence electrons. The van der Waals surface area contributed by atoms with E-state index in [2.05, 4.69) is 14.9 Å². The zero-order valence-corrected chi connectivity index (χ0v) is 16.1. The van der Waals surface area contributed by atoms with Crippen molar-refractivity contribution in [1.29, 1.82) is 0 Å². The van der Waals surface area contributed by atoms with Crippen LogP contribution in [0.2, 0.25) is 0 Å². The van der Waals surface area contributed by atoms with Gasteiger partial charge < -0.3 is 18.6 Å². The van der Waals surface area contributed by atoms with E-state index in [-0.39, 0.29) is 5.91 Å². The van der Waals surface area contributed by atoms with Gasteiger partial charge in [-0.2, -0.15) is 0 Å². The highest BCUT2D eigenvalue weighted by molar-refractivity contribution is 5.91. The molecular weight excluding hydrogens is 382 g/mol. The summed E-state index contributed by atoms with van der Waals surface area (Å²) < 4.78 is 10.8. The Bertz CT molecular complexity index is 1120. The lowest BCUT2D eigenvalue weighted by Crippen LogP contribution is -2.49. The molecule has 0 aliphatic carbocycles. The first-order valence-electron chi connectivity index (χ1n) is 9.69. The Morgan fingerprint density at radius 2 is 1.73 bits per heavy atom. The Morgan fingerprint density at radius 1 is 0.900 bits per heavy atom. The van der Waals surface area contributed by atoms with Gasteiger partial charge in [0.1, 0.15) is 5.69 Å². The van der Waals surface area contributed by atoms with Crippen LogP contribution in [-0.4, -0.2) is 51.9 Å². The number of hydrogen-bond acceptors (Lipinski definition) is 7. The summed E-state index contributed by atoms with van der Waals surface area (Å²) in [6.45, 7) is 2.40. The van der Waals surface area contributed by atoms with Crippen molar-refractivity contribution in [1.82, 2.24) is 19.9 Å². The lowest BCUT2D eigenvalue weighted by Gasteiger charge is -2.34. The average molecular weight is 401 g/mol. The van der Waals surface area contributed by atoms with Crippen LogP contribution in [0.3, 0.4) is 0 Å². The third kappa shape index (κ3) is 3.43. The molecule has 0 unspecified atom stereocenters. The van der Waals surface area contributed by atoms with E-state index in [1.807, 2.05) is 30.3 Å². The Hall–Kier alpha value is -3.94. The molecule has 0 spiro atoms. The number of pyridine rings is 1. The highest BCUT2D eigenvalue weighted by atomic mass is 16.3. The smallest absolute Gasteiger partial charge is 0.289 e. The Morgan fingerprint density at radius 3 is 2.43 bits per heavy atom. The number of hydrogen-bond donors (Lipinski definition) is 0. The van der Waals surface area contributed by atoms with Gasteiger partial charge in [0, 0.05) is 44.1 Å². The highest BCUT2D eigenvalue weighted by Crippen LogP contribution is 2.30. The largest absolute Gasteiger partial charge is 0.463 e. The fourth-order valence-corrected chi connectivity index (χ4v) is 3.50. The fraction of sp³-hybridized carbons (Fsp3) is 0.182. The highest BCUT2D eigenvalue weighted by Gasteiger charge is 2.26. The van der Waals surface area contributed by atoms with Crippen molar-refractivity contribution in [3.05, 3.63) is 73.1 Å². The molecule has 0 N–H and O–H groups in total. The van der Waals surface area contributed by atoms with Crippen LogP contribution in [0, 0.1) is 0 Å². The maximum absolute atomic E-state index is 12.5. The fourth-order valence-electron chi connectivity index (χ4n) is 3.50. The molecule has 0 bridgehead atoms. The lowest BCUT2D eigenvalue weighted by molar-refractivity contribution is 0.0714. The van der Waals surface area contributed by atoms with Gasteiger partial charge in [-0.05, 0) is 36.4 Å². The van der Waals surface area contributed by atoms with Crippen molar-refractivity contribution in [3.63, 3.8) is 0 Å². The maximum Gasteiger partial charge on any atom is 0.289 e. The quantitative estimate of drug-likeness (QED) is 0.518. The molecule has 1 aliphatic heterocycles. The Balaban J connectivity index is 1.39. The summed E-state index contributed by atoms with van der Waals surface area (Å²) in [5, 5.41) is 0. The molecule has 1 amide bonds. The topological polar surface area (TPSA) is 88.5 Å². The average Bonchev–Trinajstić information content (AvgIpc) is 3.54. The number of carbonyl (C=O) groups is 1. The zero-order valence-electron chi connectivity index (χ0n) is 16.1. The number of furan rings is 2. The van der Waals surface area contributed by atoms with Gasteiger partial charge in [-0.3, -0.25) is 9.78 Å². The third-order valence-corrected chi connectivity index (χ3v) is 5.05. The first kappa shape index (κ1) is 18.1. The molecule has 8 heteroatoms. The molecule has 8 nitrogen and oxygen atoms in total. The number of anilines is 1. The van der Waals surface area contributed by atoms with Crippen LogP contribution in [-0.2, 0) is 0 Å². The summed E-state index contributed by atoms with van der Waals surface area (Å²) in [7, 11) is 0. The van der Waals surface area contributed by atoms with Gasteiger partial charge in [-0.1, -0.05) is 6.07 Å². The molecule has 0 atom stereocenters. The van der Waals surface area contributed by atoms with E-state index in [1.165, 1.54) is 6.26 Å². The predicted molar refractivity (Wildman–Crippen MR) is 110 cm³/mol. The monoisotopic (exact) mass is 401 g/mol. The van der Waals surface area contributed by atoms with Crippen LogP contribution >= 0.6 is 0 Å². The molecule has 0 aromatic carbocycles. The van der Waals surface area contributed by atoms with Crippen molar-refractivity contribution in [2.75, 3.05) is 31.1 Å². The standard InChI is InChI=1S/C22H19N5O3/c28-21(19-7-4-14-30-19)26-9-11-27(12-10-26)22-24-15-16(17-5-1-2-8-23-17)20(25-22)18-6-3-13-29-18/h1-8,13-15H,9-12H2. The van der Waals surface area contributed by atoms with E-state index in [0.717, 1.165) is 11.3 Å². The van der Waals surface area contributed by atoms with Crippen LogP contribution in [0.5, 0.6) is 0 Å². The number of aromatic nitrogens is 3. The van der Waals surface area contributed by atoms with E-state index in [4.69, 9.17) is 13.8 Å². The molecule has 30 heavy (non-hydrogen) atoms. The van der Waals surface area contributed by atoms with Gasteiger partial charge in [0.2, 0.25) is 5.95 Å². The lowest BCUT2D eigenvalue weighted by atomic mass is 10.1. The van der Waals surface area contributed by atoms with Crippen molar-refractivity contribution in [3.8, 4) is 22.7 Å². The van der Waals surface area contributed by atoms with E-state index >= 15 is 0 Å². The molecule has 0 radical (unpaired) electrons. The molecule has 5 heterocycles. The SMILES string of the molecule is O=C(c1ccco1)N1CCN(c2ncc(-c3ccccn3)c(-c3ccco3)n2)CC1. The summed E-state index contributed by atoms with van der Waals surface area (Å²) in [5.41, 5.74) is 2.28. The summed E-state index contributed by atoms with van der Waals surface area (Å²) in [4.78, 5) is 30.1. The Labute approximate surface area is 172 Å². The molecule has 0 saturated carbocycles. The molecule has 1 saturated heterocycles. The minimum atomic E-state index is -0.0951. The molecule has 1 fully saturated rings. The van der Waals surface area contributed by atoms with Gasteiger partial charge in [-0.25, -0.2) is 9.97 Å². The van der Waals surface area contributed by atoms with Gasteiger partial charge in [0.25, 0.3) is 5.91 Å². The second kappa shape index (κ2) is 7.82. The molecular formula is C22H19N5O3. The van der Waals surface area contributed by atoms with Crippen molar-refractivity contribution >= 4 is 11.9 Å². The maximum atomic E-state index is 12.5. The second-order valence-electron chi connectivity index (χ2n) is 6.88. The summed E-state index contributed by atoms with van der Waals surface area (Å²) >= 11 is 0. The van der Waals surface area contributed by atoms with Crippen LogP contribution in [0.1, 0.15) is 10.6 Å². The number of carbonyl (C=O) groups excluding carboxylic acids is 1. The summed E-state index contributed by atoms with van der Waals surface area (Å²) in [5.74, 6) is 1.53. The van der Waals surface area contributed by atoms with Gasteiger partial charge >= 0.3 is 0 Å². The molecule has 4 aromatic heterocycles. The van der Waals surface area contributed by atoms with E-state index in [9.17, 15) is 4.79 Å². The first-order valence-corrected chi connectivity index (χ1v) is 9.69. The van der Waals surface area contributed by atoms with E-state index < -0.39 is 0 Å². The molecule has 1 aliphatic rings. The first-order chi connectivity index (χ1) is 14.8. The van der Waals surface area contributed by atoms with E-state index in [1.54, 1.807) is 35.7 Å². The minimum Gasteiger partial charge on any atom is -0.463 e. The molecule has 5 rings (SSSR count). The van der Waals surface area contributed by atoms with Crippen LogP contribution < -0.4 is 4.90 Å². The van der Waals surface area contributed by atoms with Crippen molar-refractivity contribution in [2.24, 2.45) is 0 Å². The Kier molecular flexibility index (Phi) is 4.72. The number of nitrogens with zero attached hydrogens (tertiary/aromatic N) is 5. The summed E-state index contributed by atoms with van der Waals surface area (Å²) in [6, 6.07) is 12.8. The zero-order chi connectivity index (χ0) is 20.3. The van der Waals surface area contributed by atoms with Gasteiger partial charge in [-0.15, -0.1) is 0 Å². The number of amides is 1. The molecule has 4 aromatic rings. The third-order valence-electron chi connectivity index (χ3n) is 5.05. The minimum absolute atomic E-state index is 0.0951. The summed E-state index contributed by atoms with van der Waals surface area (Å²) in [6.07, 6.45) is 6.66. The normalized spacial score (nSPS) is 14.1. The van der Waals surface area contributed by atoms with Crippen LogP contribution in [0.25, 0.3) is 22.7 Å². The van der Waals surface area contributed by atoms with Crippen molar-refractivity contribution < 1.29 is 13.6 Å². The van der Waals surface area contributed by atoms with E-state index in [0.29, 0.717) is 49.3 Å². The van der Waals surface area contributed by atoms with Crippen LogP contribution in [0.15, 0.2) is 76.2 Å².